The molecular weight excluding hydrogens is 325 g/mol. The topological polar surface area (TPSA) is 61.9 Å². The molecule has 2 aliphatic rings. The summed E-state index contributed by atoms with van der Waals surface area (Å²) < 4.78 is 18.2. The summed E-state index contributed by atoms with van der Waals surface area (Å²) in [5.74, 6) is -0.00446. The average Bonchev–Trinajstić information content (AvgIpc) is 3.14. The average molecular weight is 349 g/mol. The Balaban J connectivity index is 1.39. The van der Waals surface area contributed by atoms with Gasteiger partial charge in [0.15, 0.2) is 6.61 Å². The summed E-state index contributed by atoms with van der Waals surface area (Å²) in [5.41, 5.74) is 0. The van der Waals surface area contributed by atoms with Crippen LogP contribution < -0.4 is 10.1 Å². The van der Waals surface area contributed by atoms with Crippen molar-refractivity contribution in [1.82, 2.24) is 15.1 Å². The number of rotatable bonds is 4. The zero-order valence-corrected chi connectivity index (χ0v) is 14.2. The number of nitrogens with one attached hydrogen (secondary N) is 1. The van der Waals surface area contributed by atoms with Gasteiger partial charge in [0.1, 0.15) is 11.6 Å². The fraction of sp³-hybridized carbons (Fsp3) is 0.556. The zero-order valence-electron chi connectivity index (χ0n) is 14.2. The minimum atomic E-state index is -0.342. The van der Waals surface area contributed by atoms with Crippen LogP contribution in [0, 0.1) is 5.82 Å². The molecule has 2 fully saturated rings. The first-order valence-corrected chi connectivity index (χ1v) is 8.83. The highest BCUT2D eigenvalue weighted by atomic mass is 19.1. The highest BCUT2D eigenvalue weighted by molar-refractivity contribution is 5.79. The summed E-state index contributed by atoms with van der Waals surface area (Å²) in [6.45, 7) is 1.98. The number of nitrogens with zero attached hydrogens (tertiary/aromatic N) is 2. The van der Waals surface area contributed by atoms with Gasteiger partial charge in [-0.1, -0.05) is 12.8 Å². The van der Waals surface area contributed by atoms with Gasteiger partial charge in [0.05, 0.1) is 0 Å². The molecule has 7 heteroatoms. The molecule has 136 valence electrons. The van der Waals surface area contributed by atoms with Crippen molar-refractivity contribution < 1.29 is 18.7 Å². The number of amides is 3. The smallest absolute Gasteiger partial charge is 0.317 e. The van der Waals surface area contributed by atoms with Gasteiger partial charge in [0.2, 0.25) is 0 Å². The molecule has 1 aromatic carbocycles. The summed E-state index contributed by atoms with van der Waals surface area (Å²) in [7, 11) is 0. The maximum Gasteiger partial charge on any atom is 0.317 e. The number of urea groups is 1. The van der Waals surface area contributed by atoms with Gasteiger partial charge in [-0.2, -0.15) is 0 Å². The summed E-state index contributed by atoms with van der Waals surface area (Å²) in [4.78, 5) is 27.9. The lowest BCUT2D eigenvalue weighted by Crippen LogP contribution is -2.55. The number of benzene rings is 1. The van der Waals surface area contributed by atoms with Gasteiger partial charge >= 0.3 is 6.03 Å². The molecule has 25 heavy (non-hydrogen) atoms. The van der Waals surface area contributed by atoms with Gasteiger partial charge in [0, 0.05) is 32.2 Å². The van der Waals surface area contributed by atoms with Crippen molar-refractivity contribution in [3.63, 3.8) is 0 Å². The second-order valence-electron chi connectivity index (χ2n) is 6.54. The third-order valence-corrected chi connectivity index (χ3v) is 4.78. The minimum absolute atomic E-state index is 0.0263. The molecule has 1 saturated heterocycles. The molecule has 1 N–H and O–H groups in total. The van der Waals surface area contributed by atoms with E-state index in [-0.39, 0.29) is 24.4 Å². The van der Waals surface area contributed by atoms with E-state index in [1.54, 1.807) is 9.80 Å². The Hall–Kier alpha value is -2.31. The van der Waals surface area contributed by atoms with Crippen molar-refractivity contribution >= 4 is 11.9 Å². The fourth-order valence-corrected chi connectivity index (χ4v) is 3.26. The van der Waals surface area contributed by atoms with Crippen molar-refractivity contribution in [2.75, 3.05) is 32.8 Å². The first-order chi connectivity index (χ1) is 12.1. The molecular formula is C18H24FN3O3. The van der Waals surface area contributed by atoms with E-state index in [4.69, 9.17) is 4.74 Å². The molecule has 0 aromatic heterocycles. The van der Waals surface area contributed by atoms with Gasteiger partial charge in [-0.15, -0.1) is 0 Å². The Morgan fingerprint density at radius 1 is 1.04 bits per heavy atom. The van der Waals surface area contributed by atoms with Crippen LogP contribution in [0.3, 0.4) is 0 Å². The van der Waals surface area contributed by atoms with Crippen LogP contribution in [0.1, 0.15) is 25.7 Å². The SMILES string of the molecule is O=C(COc1ccc(F)cc1)N1CCN(C(=O)NC2CCCC2)CC1. The molecule has 1 heterocycles. The number of carbonyl (C=O) groups is 2. The van der Waals surface area contributed by atoms with Gasteiger partial charge in [-0.25, -0.2) is 9.18 Å². The number of hydrogen-bond donors (Lipinski definition) is 1. The Bertz CT molecular complexity index is 594. The highest BCUT2D eigenvalue weighted by Crippen LogP contribution is 2.18. The number of ether oxygens (including phenoxy) is 1. The summed E-state index contributed by atoms with van der Waals surface area (Å²) in [5, 5.41) is 3.07. The van der Waals surface area contributed by atoms with E-state index in [0.29, 0.717) is 38.0 Å². The molecule has 1 aliphatic carbocycles. The second kappa shape index (κ2) is 8.18. The van der Waals surface area contributed by atoms with Crippen molar-refractivity contribution in [3.05, 3.63) is 30.1 Å². The second-order valence-corrected chi connectivity index (χ2v) is 6.54. The molecule has 3 rings (SSSR count). The number of halogens is 1. The van der Waals surface area contributed by atoms with Gasteiger partial charge in [-0.3, -0.25) is 4.79 Å². The van der Waals surface area contributed by atoms with Crippen molar-refractivity contribution in [2.24, 2.45) is 0 Å². The van der Waals surface area contributed by atoms with Crippen LogP contribution in [0.25, 0.3) is 0 Å². The van der Waals surface area contributed by atoms with E-state index in [1.165, 1.54) is 37.1 Å². The van der Waals surface area contributed by atoms with E-state index >= 15 is 0 Å². The molecule has 0 spiro atoms. The molecule has 1 saturated carbocycles. The molecule has 3 amide bonds. The van der Waals surface area contributed by atoms with Crippen LogP contribution in [0.4, 0.5) is 9.18 Å². The Morgan fingerprint density at radius 2 is 1.64 bits per heavy atom. The predicted octanol–water partition coefficient (Wildman–Crippen LogP) is 2.00. The van der Waals surface area contributed by atoms with Crippen molar-refractivity contribution in [1.29, 1.82) is 0 Å². The number of carbonyl (C=O) groups excluding carboxylic acids is 2. The van der Waals surface area contributed by atoms with E-state index in [0.717, 1.165) is 12.8 Å². The monoisotopic (exact) mass is 349 g/mol. The number of piperazine rings is 1. The van der Waals surface area contributed by atoms with Crippen LogP contribution in [0.2, 0.25) is 0 Å². The lowest BCUT2D eigenvalue weighted by molar-refractivity contribution is -0.134. The van der Waals surface area contributed by atoms with Crippen LogP contribution >= 0.6 is 0 Å². The lowest BCUT2D eigenvalue weighted by Gasteiger charge is -2.35. The largest absolute Gasteiger partial charge is 0.484 e. The first kappa shape index (κ1) is 17.5. The molecule has 0 unspecified atom stereocenters. The quantitative estimate of drug-likeness (QED) is 0.904. The molecule has 1 aromatic rings. The first-order valence-electron chi connectivity index (χ1n) is 8.83. The Kier molecular flexibility index (Phi) is 5.73. The maximum absolute atomic E-state index is 12.8. The summed E-state index contributed by atoms with van der Waals surface area (Å²) in [6, 6.07) is 5.85. The zero-order chi connectivity index (χ0) is 17.6. The predicted molar refractivity (Wildman–Crippen MR) is 90.8 cm³/mol. The molecule has 0 bridgehead atoms. The van der Waals surface area contributed by atoms with E-state index < -0.39 is 0 Å². The molecule has 1 aliphatic heterocycles. The van der Waals surface area contributed by atoms with E-state index in [1.807, 2.05) is 0 Å². The van der Waals surface area contributed by atoms with Crippen molar-refractivity contribution in [2.45, 2.75) is 31.7 Å². The van der Waals surface area contributed by atoms with Crippen LogP contribution in [-0.2, 0) is 4.79 Å². The van der Waals surface area contributed by atoms with E-state index in [2.05, 4.69) is 5.32 Å². The van der Waals surface area contributed by atoms with Gasteiger partial charge < -0.3 is 19.9 Å². The summed E-state index contributed by atoms with van der Waals surface area (Å²) >= 11 is 0. The van der Waals surface area contributed by atoms with Gasteiger partial charge in [0.25, 0.3) is 5.91 Å². The number of hydrogen-bond acceptors (Lipinski definition) is 3. The molecule has 0 atom stereocenters. The van der Waals surface area contributed by atoms with Gasteiger partial charge in [-0.05, 0) is 37.1 Å². The third-order valence-electron chi connectivity index (χ3n) is 4.78. The standard InChI is InChI=1S/C18H24FN3O3/c19-14-5-7-16(8-6-14)25-13-17(23)21-9-11-22(12-10-21)18(24)20-15-3-1-2-4-15/h5-8,15H,1-4,9-13H2,(H,20,24). The highest BCUT2D eigenvalue weighted by Gasteiger charge is 2.26. The maximum atomic E-state index is 12.8. The minimum Gasteiger partial charge on any atom is -0.484 e. The Morgan fingerprint density at radius 3 is 2.28 bits per heavy atom. The summed E-state index contributed by atoms with van der Waals surface area (Å²) in [6.07, 6.45) is 4.48. The lowest BCUT2D eigenvalue weighted by atomic mass is 10.2. The third kappa shape index (κ3) is 4.84. The van der Waals surface area contributed by atoms with Crippen LogP contribution in [0.5, 0.6) is 5.75 Å². The molecule has 6 nitrogen and oxygen atoms in total. The molecule has 0 radical (unpaired) electrons. The van der Waals surface area contributed by atoms with Crippen LogP contribution in [0.15, 0.2) is 24.3 Å². The normalized spacial score (nSPS) is 18.3. The Labute approximate surface area is 146 Å². The van der Waals surface area contributed by atoms with E-state index in [9.17, 15) is 14.0 Å². The fourth-order valence-electron chi connectivity index (χ4n) is 3.26. The van der Waals surface area contributed by atoms with Crippen LogP contribution in [-0.4, -0.2) is 60.6 Å². The van der Waals surface area contributed by atoms with Crippen molar-refractivity contribution in [3.8, 4) is 5.75 Å².